The van der Waals surface area contributed by atoms with Crippen LogP contribution >= 0.6 is 11.3 Å². The molecule has 0 saturated heterocycles. The summed E-state index contributed by atoms with van der Waals surface area (Å²) < 4.78 is 14.4. The molecule has 0 fully saturated rings. The van der Waals surface area contributed by atoms with Gasteiger partial charge in [-0.15, -0.1) is 11.3 Å². The first kappa shape index (κ1) is 12.5. The van der Waals surface area contributed by atoms with Crippen LogP contribution in [0.1, 0.15) is 31.2 Å². The normalized spacial score (nSPS) is 12.3. The molecule has 2 aromatic rings. The molecule has 0 radical (unpaired) electrons. The second kappa shape index (κ2) is 4.39. The lowest BCUT2D eigenvalue weighted by Gasteiger charge is -2.20. The van der Waals surface area contributed by atoms with E-state index >= 15 is 0 Å². The summed E-state index contributed by atoms with van der Waals surface area (Å²) >= 11 is 1.55. The van der Waals surface area contributed by atoms with E-state index in [2.05, 4.69) is 33.0 Å². The summed E-state index contributed by atoms with van der Waals surface area (Å²) in [6.45, 7) is 9.27. The molecule has 92 valence electrons. The van der Waals surface area contributed by atoms with E-state index in [4.69, 9.17) is 0 Å². The summed E-state index contributed by atoms with van der Waals surface area (Å²) in [6.07, 6.45) is 0. The van der Waals surface area contributed by atoms with Gasteiger partial charge in [0.25, 0.3) is 0 Å². The predicted molar refractivity (Wildman–Crippen MR) is 73.1 cm³/mol. The number of fused-ring (bicyclic) bond motifs is 1. The van der Waals surface area contributed by atoms with Crippen LogP contribution in [0.3, 0.4) is 0 Å². The van der Waals surface area contributed by atoms with Gasteiger partial charge in [-0.1, -0.05) is 12.1 Å². The van der Waals surface area contributed by atoms with E-state index in [0.29, 0.717) is 0 Å². The third kappa shape index (κ3) is 2.67. The smallest absolute Gasteiger partial charge is 0.141 e. The molecule has 0 aliphatic heterocycles. The maximum atomic E-state index is 13.6. The minimum atomic E-state index is -0.113. The monoisotopic (exact) mass is 251 g/mol. The van der Waals surface area contributed by atoms with Crippen molar-refractivity contribution in [3.63, 3.8) is 0 Å². The maximum Gasteiger partial charge on any atom is 0.141 e. The molecule has 0 aliphatic carbocycles. The lowest BCUT2D eigenvalue weighted by molar-refractivity contribution is 0.426. The molecule has 0 spiro atoms. The highest BCUT2D eigenvalue weighted by Gasteiger charge is 2.14. The molecular weight excluding hydrogens is 233 g/mol. The third-order valence-corrected chi connectivity index (χ3v) is 4.11. The Morgan fingerprint density at radius 3 is 2.59 bits per heavy atom. The molecule has 1 heterocycles. The molecule has 1 N–H and O–H groups in total. The van der Waals surface area contributed by atoms with Gasteiger partial charge in [-0.25, -0.2) is 4.39 Å². The Kier molecular flexibility index (Phi) is 3.23. The van der Waals surface area contributed by atoms with Crippen molar-refractivity contribution in [2.75, 3.05) is 0 Å². The van der Waals surface area contributed by atoms with E-state index in [-0.39, 0.29) is 11.4 Å². The van der Waals surface area contributed by atoms with Gasteiger partial charge >= 0.3 is 0 Å². The summed E-state index contributed by atoms with van der Waals surface area (Å²) in [6, 6.07) is 5.29. The fourth-order valence-corrected chi connectivity index (χ4v) is 2.92. The van der Waals surface area contributed by atoms with Gasteiger partial charge in [0.2, 0.25) is 0 Å². The zero-order valence-corrected chi connectivity index (χ0v) is 11.5. The van der Waals surface area contributed by atoms with E-state index in [0.717, 1.165) is 16.6 Å². The van der Waals surface area contributed by atoms with Gasteiger partial charge in [0.1, 0.15) is 5.82 Å². The Morgan fingerprint density at radius 2 is 2.00 bits per heavy atom. The lowest BCUT2D eigenvalue weighted by Crippen LogP contribution is -2.34. The van der Waals surface area contributed by atoms with Crippen LogP contribution < -0.4 is 5.32 Å². The number of hydrogen-bond acceptors (Lipinski definition) is 2. The lowest BCUT2D eigenvalue weighted by atomic mass is 10.1. The molecule has 0 aliphatic rings. The first-order valence-electron chi connectivity index (χ1n) is 5.80. The number of nitrogens with one attached hydrogen (secondary N) is 1. The van der Waals surface area contributed by atoms with Crippen LogP contribution in [-0.2, 0) is 6.54 Å². The molecule has 17 heavy (non-hydrogen) atoms. The van der Waals surface area contributed by atoms with Crippen molar-refractivity contribution in [1.82, 2.24) is 5.32 Å². The summed E-state index contributed by atoms with van der Waals surface area (Å²) in [7, 11) is 0. The Labute approximate surface area is 106 Å². The summed E-state index contributed by atoms with van der Waals surface area (Å²) in [5.41, 5.74) is 1.28. The number of benzene rings is 1. The Morgan fingerprint density at radius 1 is 1.29 bits per heavy atom. The first-order valence-corrected chi connectivity index (χ1v) is 6.61. The zero-order chi connectivity index (χ0) is 12.6. The molecule has 0 atom stereocenters. The topological polar surface area (TPSA) is 12.0 Å². The minimum absolute atomic E-state index is 0.0845. The van der Waals surface area contributed by atoms with Gasteiger partial charge in [0.15, 0.2) is 0 Å². The summed E-state index contributed by atoms with van der Waals surface area (Å²) in [5, 5.41) is 4.49. The second-order valence-corrected chi connectivity index (χ2v) is 6.48. The van der Waals surface area contributed by atoms with Crippen molar-refractivity contribution in [2.24, 2.45) is 0 Å². The maximum absolute atomic E-state index is 13.6. The van der Waals surface area contributed by atoms with Crippen LogP contribution in [0.25, 0.3) is 10.1 Å². The molecule has 3 heteroatoms. The van der Waals surface area contributed by atoms with E-state index in [1.165, 1.54) is 16.5 Å². The van der Waals surface area contributed by atoms with Gasteiger partial charge in [0.05, 0.1) is 4.70 Å². The predicted octanol–water partition coefficient (Wildman–Crippen LogP) is 4.24. The SMILES string of the molecule is Cc1c(CNC(C)(C)C)sc2c(F)cccc12. The van der Waals surface area contributed by atoms with Crippen molar-refractivity contribution in [3.05, 3.63) is 34.5 Å². The Bertz CT molecular complexity index is 537. The third-order valence-electron chi connectivity index (χ3n) is 2.79. The number of rotatable bonds is 2. The van der Waals surface area contributed by atoms with Crippen LogP contribution in [0.2, 0.25) is 0 Å². The van der Waals surface area contributed by atoms with Gasteiger partial charge in [-0.2, -0.15) is 0 Å². The standard InChI is InChI=1S/C14H18FNS/c1-9-10-6-5-7-11(15)13(10)17-12(9)8-16-14(2,3)4/h5-7,16H,8H2,1-4H3. The van der Waals surface area contributed by atoms with Gasteiger partial charge in [-0.3, -0.25) is 0 Å². The molecule has 0 unspecified atom stereocenters. The quantitative estimate of drug-likeness (QED) is 0.842. The number of halogens is 1. The molecule has 1 aromatic carbocycles. The van der Waals surface area contributed by atoms with Crippen molar-refractivity contribution >= 4 is 21.4 Å². The molecule has 0 bridgehead atoms. The van der Waals surface area contributed by atoms with Crippen LogP contribution in [0, 0.1) is 12.7 Å². The fourth-order valence-electron chi connectivity index (χ4n) is 1.77. The van der Waals surface area contributed by atoms with Crippen LogP contribution in [0.15, 0.2) is 18.2 Å². The molecule has 2 rings (SSSR count). The summed E-state index contributed by atoms with van der Waals surface area (Å²) in [4.78, 5) is 1.22. The molecule has 0 saturated carbocycles. The van der Waals surface area contributed by atoms with E-state index < -0.39 is 0 Å². The minimum Gasteiger partial charge on any atom is -0.307 e. The second-order valence-electron chi connectivity index (χ2n) is 5.37. The number of hydrogen-bond donors (Lipinski definition) is 1. The highest BCUT2D eigenvalue weighted by Crippen LogP contribution is 2.32. The molecule has 1 nitrogen and oxygen atoms in total. The van der Waals surface area contributed by atoms with Crippen LogP contribution in [0.4, 0.5) is 4.39 Å². The average Bonchev–Trinajstić information content (AvgIpc) is 2.54. The van der Waals surface area contributed by atoms with Gasteiger partial charge < -0.3 is 5.32 Å². The average molecular weight is 251 g/mol. The summed E-state index contributed by atoms with van der Waals surface area (Å²) in [5.74, 6) is -0.113. The van der Waals surface area contributed by atoms with Crippen molar-refractivity contribution in [2.45, 2.75) is 39.8 Å². The van der Waals surface area contributed by atoms with E-state index in [1.54, 1.807) is 17.4 Å². The largest absolute Gasteiger partial charge is 0.307 e. The van der Waals surface area contributed by atoms with Gasteiger partial charge in [0, 0.05) is 17.0 Å². The zero-order valence-electron chi connectivity index (χ0n) is 10.7. The van der Waals surface area contributed by atoms with Crippen LogP contribution in [0.5, 0.6) is 0 Å². The number of aryl methyl sites for hydroxylation is 1. The van der Waals surface area contributed by atoms with Gasteiger partial charge in [-0.05, 0) is 44.7 Å². The van der Waals surface area contributed by atoms with Crippen molar-refractivity contribution in [1.29, 1.82) is 0 Å². The fraction of sp³-hybridized carbons (Fsp3) is 0.429. The van der Waals surface area contributed by atoms with Crippen LogP contribution in [-0.4, -0.2) is 5.54 Å². The Hall–Kier alpha value is -0.930. The number of thiophene rings is 1. The van der Waals surface area contributed by atoms with E-state index in [1.807, 2.05) is 6.07 Å². The van der Waals surface area contributed by atoms with Crippen molar-refractivity contribution < 1.29 is 4.39 Å². The molecule has 0 amide bonds. The highest BCUT2D eigenvalue weighted by molar-refractivity contribution is 7.19. The Balaban J connectivity index is 2.36. The van der Waals surface area contributed by atoms with Crippen molar-refractivity contribution in [3.8, 4) is 0 Å². The molecular formula is C14H18FNS. The highest BCUT2D eigenvalue weighted by atomic mass is 32.1. The molecule has 1 aromatic heterocycles. The first-order chi connectivity index (χ1) is 7.88. The van der Waals surface area contributed by atoms with E-state index in [9.17, 15) is 4.39 Å².